The van der Waals surface area contributed by atoms with Crippen LogP contribution in [0.1, 0.15) is 19.8 Å². The summed E-state index contributed by atoms with van der Waals surface area (Å²) in [5, 5.41) is 3.73. The summed E-state index contributed by atoms with van der Waals surface area (Å²) < 4.78 is 0. The van der Waals surface area contributed by atoms with Gasteiger partial charge in [0.05, 0.1) is 0 Å². The van der Waals surface area contributed by atoms with Crippen LogP contribution < -0.4 is 5.32 Å². The number of likely N-dealkylation sites (N-methyl/N-ethyl adjacent to an activating group) is 1. The molecule has 1 saturated heterocycles. The van der Waals surface area contributed by atoms with Crippen molar-refractivity contribution in [3.8, 4) is 0 Å². The number of allylic oxidation sites excluding steroid dienone is 2. The van der Waals surface area contributed by atoms with Crippen molar-refractivity contribution in [1.29, 1.82) is 0 Å². The van der Waals surface area contributed by atoms with E-state index in [1.807, 2.05) is 0 Å². The molecular formula is C16H29N3. The Kier molecular flexibility index (Phi) is 4.25. The predicted molar refractivity (Wildman–Crippen MR) is 80.2 cm³/mol. The summed E-state index contributed by atoms with van der Waals surface area (Å²) in [6, 6.07) is 0.683. The summed E-state index contributed by atoms with van der Waals surface area (Å²) >= 11 is 0. The zero-order valence-electron chi connectivity index (χ0n) is 12.5. The Morgan fingerprint density at radius 3 is 2.58 bits per heavy atom. The minimum Gasteiger partial charge on any atom is -0.315 e. The molecule has 1 N–H and O–H groups in total. The fourth-order valence-electron chi connectivity index (χ4n) is 4.00. The maximum absolute atomic E-state index is 3.73. The summed E-state index contributed by atoms with van der Waals surface area (Å²) in [6.45, 7) is 9.67. The molecule has 1 heterocycles. The summed E-state index contributed by atoms with van der Waals surface area (Å²) in [4.78, 5) is 5.06. The minimum atomic E-state index is 0.683. The minimum absolute atomic E-state index is 0.683. The van der Waals surface area contributed by atoms with E-state index in [0.717, 1.165) is 24.3 Å². The van der Waals surface area contributed by atoms with Crippen molar-refractivity contribution in [3.63, 3.8) is 0 Å². The maximum atomic E-state index is 3.73. The van der Waals surface area contributed by atoms with Crippen LogP contribution in [0, 0.1) is 17.8 Å². The highest BCUT2D eigenvalue weighted by Crippen LogP contribution is 2.42. The standard InChI is InChI=1S/C16H29N3/c1-13(19-7-5-18(2)6-8-19)11-17-12-16-10-14-3-4-15(16)9-14/h3-4,13-17H,5-12H2,1-2H3/t13-,14-,15-,16+/m0/s1. The van der Waals surface area contributed by atoms with E-state index in [1.54, 1.807) is 0 Å². The molecule has 1 aliphatic heterocycles. The summed E-state index contributed by atoms with van der Waals surface area (Å²) in [5.74, 6) is 2.71. The molecule has 1 saturated carbocycles. The van der Waals surface area contributed by atoms with Gasteiger partial charge in [-0.15, -0.1) is 0 Å². The molecule has 0 aromatic rings. The Labute approximate surface area is 118 Å². The average molecular weight is 263 g/mol. The average Bonchev–Trinajstić information content (AvgIpc) is 3.02. The van der Waals surface area contributed by atoms with E-state index >= 15 is 0 Å². The third kappa shape index (κ3) is 3.21. The van der Waals surface area contributed by atoms with Crippen LogP contribution in [-0.4, -0.2) is 62.2 Å². The Hall–Kier alpha value is -0.380. The van der Waals surface area contributed by atoms with Crippen LogP contribution in [0.3, 0.4) is 0 Å². The SMILES string of the molecule is C[C@@H](CNC[C@H]1C[C@H]2C=C[C@H]1C2)N1CCN(C)CC1. The van der Waals surface area contributed by atoms with Gasteiger partial charge < -0.3 is 10.2 Å². The molecule has 3 nitrogen and oxygen atoms in total. The van der Waals surface area contributed by atoms with Gasteiger partial charge in [-0.2, -0.15) is 0 Å². The Morgan fingerprint density at radius 1 is 1.16 bits per heavy atom. The third-order valence-electron chi connectivity index (χ3n) is 5.42. The van der Waals surface area contributed by atoms with E-state index in [0.29, 0.717) is 6.04 Å². The number of hydrogen-bond acceptors (Lipinski definition) is 3. The van der Waals surface area contributed by atoms with E-state index in [-0.39, 0.29) is 0 Å². The van der Waals surface area contributed by atoms with Crippen molar-refractivity contribution in [2.75, 3.05) is 46.3 Å². The summed E-state index contributed by atoms with van der Waals surface area (Å²) in [6.07, 6.45) is 7.76. The first kappa shape index (κ1) is 13.6. The molecule has 3 aliphatic rings. The molecule has 2 bridgehead atoms. The molecular weight excluding hydrogens is 234 g/mol. The van der Waals surface area contributed by atoms with Gasteiger partial charge in [0.25, 0.3) is 0 Å². The molecule has 0 spiro atoms. The lowest BCUT2D eigenvalue weighted by Gasteiger charge is -2.36. The van der Waals surface area contributed by atoms with E-state index in [1.165, 1.54) is 45.6 Å². The lowest BCUT2D eigenvalue weighted by atomic mass is 9.93. The van der Waals surface area contributed by atoms with Gasteiger partial charge in [-0.25, -0.2) is 0 Å². The van der Waals surface area contributed by atoms with Crippen molar-refractivity contribution >= 4 is 0 Å². The molecule has 0 aromatic carbocycles. The van der Waals surface area contributed by atoms with Crippen LogP contribution in [0.4, 0.5) is 0 Å². The van der Waals surface area contributed by atoms with Crippen LogP contribution in [-0.2, 0) is 0 Å². The number of fused-ring (bicyclic) bond motifs is 2. The largest absolute Gasteiger partial charge is 0.315 e. The van der Waals surface area contributed by atoms with Gasteiger partial charge in [0.1, 0.15) is 0 Å². The fourth-order valence-corrected chi connectivity index (χ4v) is 4.00. The number of rotatable bonds is 5. The van der Waals surface area contributed by atoms with Gasteiger partial charge >= 0.3 is 0 Å². The zero-order valence-corrected chi connectivity index (χ0v) is 12.5. The Morgan fingerprint density at radius 2 is 1.95 bits per heavy atom. The zero-order chi connectivity index (χ0) is 13.2. The van der Waals surface area contributed by atoms with Crippen LogP contribution in [0.2, 0.25) is 0 Å². The molecule has 2 fully saturated rings. The molecule has 0 radical (unpaired) electrons. The van der Waals surface area contributed by atoms with Gasteiger partial charge in [0.15, 0.2) is 0 Å². The van der Waals surface area contributed by atoms with Crippen LogP contribution in [0.25, 0.3) is 0 Å². The molecule has 19 heavy (non-hydrogen) atoms. The predicted octanol–water partition coefficient (Wildman–Crippen LogP) is 1.42. The smallest absolute Gasteiger partial charge is 0.0193 e. The molecule has 3 heteroatoms. The number of nitrogens with one attached hydrogen (secondary N) is 1. The van der Waals surface area contributed by atoms with Crippen molar-refractivity contribution in [2.45, 2.75) is 25.8 Å². The van der Waals surface area contributed by atoms with Crippen molar-refractivity contribution in [3.05, 3.63) is 12.2 Å². The van der Waals surface area contributed by atoms with E-state index < -0.39 is 0 Å². The lowest BCUT2D eigenvalue weighted by Crippen LogP contribution is -2.51. The topological polar surface area (TPSA) is 18.5 Å². The van der Waals surface area contributed by atoms with Gasteiger partial charge in [-0.05, 0) is 51.1 Å². The molecule has 0 amide bonds. The van der Waals surface area contributed by atoms with Gasteiger partial charge in [-0.1, -0.05) is 12.2 Å². The Bertz CT molecular complexity index is 320. The van der Waals surface area contributed by atoms with E-state index in [4.69, 9.17) is 0 Å². The maximum Gasteiger partial charge on any atom is 0.0193 e. The molecule has 2 aliphatic carbocycles. The molecule has 4 atom stereocenters. The fraction of sp³-hybridized carbons (Fsp3) is 0.875. The highest BCUT2D eigenvalue weighted by Gasteiger charge is 2.35. The van der Waals surface area contributed by atoms with Gasteiger partial charge in [0.2, 0.25) is 0 Å². The second-order valence-electron chi connectivity index (χ2n) is 6.89. The third-order valence-corrected chi connectivity index (χ3v) is 5.42. The number of hydrogen-bond donors (Lipinski definition) is 1. The van der Waals surface area contributed by atoms with Crippen molar-refractivity contribution in [1.82, 2.24) is 15.1 Å². The van der Waals surface area contributed by atoms with Crippen LogP contribution in [0.15, 0.2) is 12.2 Å². The molecule has 3 rings (SSSR count). The number of piperazine rings is 1. The van der Waals surface area contributed by atoms with E-state index in [2.05, 4.69) is 41.2 Å². The van der Waals surface area contributed by atoms with Gasteiger partial charge in [0, 0.05) is 38.8 Å². The molecule has 0 unspecified atom stereocenters. The van der Waals surface area contributed by atoms with Crippen molar-refractivity contribution in [2.24, 2.45) is 17.8 Å². The number of nitrogens with zero attached hydrogens (tertiary/aromatic N) is 2. The monoisotopic (exact) mass is 263 g/mol. The first-order valence-corrected chi connectivity index (χ1v) is 8.04. The van der Waals surface area contributed by atoms with Crippen molar-refractivity contribution < 1.29 is 0 Å². The molecule has 108 valence electrons. The quantitative estimate of drug-likeness (QED) is 0.757. The van der Waals surface area contributed by atoms with Gasteiger partial charge in [-0.3, -0.25) is 4.90 Å². The normalized spacial score (nSPS) is 37.1. The highest BCUT2D eigenvalue weighted by molar-refractivity contribution is 5.10. The first-order valence-electron chi connectivity index (χ1n) is 8.04. The summed E-state index contributed by atoms with van der Waals surface area (Å²) in [7, 11) is 2.23. The highest BCUT2D eigenvalue weighted by atomic mass is 15.3. The first-order chi connectivity index (χ1) is 9.22. The Balaban J connectivity index is 1.34. The second kappa shape index (κ2) is 5.94. The van der Waals surface area contributed by atoms with Crippen LogP contribution >= 0.6 is 0 Å². The lowest BCUT2D eigenvalue weighted by molar-refractivity contribution is 0.117. The second-order valence-corrected chi connectivity index (χ2v) is 6.89. The van der Waals surface area contributed by atoms with Crippen LogP contribution in [0.5, 0.6) is 0 Å². The molecule has 0 aromatic heterocycles. The van der Waals surface area contributed by atoms with E-state index in [9.17, 15) is 0 Å². The summed E-state index contributed by atoms with van der Waals surface area (Å²) in [5.41, 5.74) is 0.